The molecule has 1 aromatic heterocycles. The van der Waals surface area contributed by atoms with Gasteiger partial charge in [0.25, 0.3) is 0 Å². The molecule has 1 fully saturated rings. The normalized spacial score (nSPS) is 17.6. The van der Waals surface area contributed by atoms with Crippen LogP contribution in [0.3, 0.4) is 0 Å². The van der Waals surface area contributed by atoms with Crippen LogP contribution in [-0.4, -0.2) is 59.0 Å². The highest BCUT2D eigenvalue weighted by atomic mass is 16.5. The van der Waals surface area contributed by atoms with Crippen LogP contribution in [0, 0.1) is 5.92 Å². The second-order valence-electron chi connectivity index (χ2n) is 6.65. The third-order valence-corrected chi connectivity index (χ3v) is 4.93. The van der Waals surface area contributed by atoms with E-state index in [1.54, 1.807) is 14.2 Å². The fraction of sp³-hybridized carbons (Fsp3) is 0.611. The van der Waals surface area contributed by atoms with Crippen LogP contribution < -0.4 is 4.74 Å². The molecule has 136 valence electrons. The molecule has 0 unspecified atom stereocenters. The second-order valence-corrected chi connectivity index (χ2v) is 6.65. The molecule has 2 heterocycles. The molecule has 1 aliphatic heterocycles. The standard InChI is InChI=1S/C18H27N5O2/c1-14-8-10-22(11-9-14)17(15-4-6-16(25-3)7-5-15)18-19-20-21-23(18)12-13-24-2/h4-7,14,17H,8-13H2,1-3H3/t17-/m0/s1. The number of rotatable bonds is 7. The third-order valence-electron chi connectivity index (χ3n) is 4.93. The minimum atomic E-state index is 0.0465. The van der Waals surface area contributed by atoms with E-state index in [4.69, 9.17) is 9.47 Å². The van der Waals surface area contributed by atoms with E-state index < -0.39 is 0 Å². The van der Waals surface area contributed by atoms with Crippen molar-refractivity contribution in [1.29, 1.82) is 0 Å². The number of likely N-dealkylation sites (tertiary alicyclic amines) is 1. The Hall–Kier alpha value is -1.99. The molecule has 3 rings (SSSR count). The van der Waals surface area contributed by atoms with Gasteiger partial charge in [0.1, 0.15) is 5.75 Å². The van der Waals surface area contributed by atoms with Gasteiger partial charge in [-0.3, -0.25) is 4.90 Å². The Morgan fingerprint density at radius 3 is 2.52 bits per heavy atom. The van der Waals surface area contributed by atoms with Crippen molar-refractivity contribution >= 4 is 0 Å². The van der Waals surface area contributed by atoms with Gasteiger partial charge >= 0.3 is 0 Å². The lowest BCUT2D eigenvalue weighted by atomic mass is 9.95. The second kappa shape index (κ2) is 8.40. The number of nitrogens with zero attached hydrogens (tertiary/aromatic N) is 5. The highest BCUT2D eigenvalue weighted by Crippen LogP contribution is 2.31. The molecule has 1 atom stereocenters. The van der Waals surface area contributed by atoms with Gasteiger partial charge in [-0.1, -0.05) is 19.1 Å². The van der Waals surface area contributed by atoms with Crippen LogP contribution in [0.15, 0.2) is 24.3 Å². The van der Waals surface area contributed by atoms with Crippen LogP contribution in [0.1, 0.15) is 37.2 Å². The van der Waals surface area contributed by atoms with Crippen molar-refractivity contribution in [2.75, 3.05) is 33.9 Å². The lowest BCUT2D eigenvalue weighted by Crippen LogP contribution is -2.38. The highest BCUT2D eigenvalue weighted by Gasteiger charge is 2.30. The first-order valence-electron chi connectivity index (χ1n) is 8.86. The Balaban J connectivity index is 1.92. The minimum absolute atomic E-state index is 0.0465. The summed E-state index contributed by atoms with van der Waals surface area (Å²) in [4.78, 5) is 2.48. The summed E-state index contributed by atoms with van der Waals surface area (Å²) in [6.07, 6.45) is 2.40. The number of hydrogen-bond donors (Lipinski definition) is 0. The molecule has 0 N–H and O–H groups in total. The predicted molar refractivity (Wildman–Crippen MR) is 94.5 cm³/mol. The molecule has 1 aliphatic rings. The molecular formula is C18H27N5O2. The first-order valence-corrected chi connectivity index (χ1v) is 8.86. The zero-order valence-electron chi connectivity index (χ0n) is 15.3. The summed E-state index contributed by atoms with van der Waals surface area (Å²) in [5.74, 6) is 2.50. The quantitative estimate of drug-likeness (QED) is 0.766. The molecule has 7 nitrogen and oxygen atoms in total. The Labute approximate surface area is 148 Å². The van der Waals surface area contributed by atoms with Crippen LogP contribution in [0.4, 0.5) is 0 Å². The number of tetrazole rings is 1. The lowest BCUT2D eigenvalue weighted by molar-refractivity contribution is 0.144. The van der Waals surface area contributed by atoms with E-state index in [0.29, 0.717) is 13.2 Å². The molecule has 0 bridgehead atoms. The summed E-state index contributed by atoms with van der Waals surface area (Å²) in [6.45, 7) is 5.66. The summed E-state index contributed by atoms with van der Waals surface area (Å²) in [5.41, 5.74) is 1.18. The van der Waals surface area contributed by atoms with E-state index in [2.05, 4.69) is 39.5 Å². The molecule has 0 radical (unpaired) electrons. The number of aromatic nitrogens is 4. The summed E-state index contributed by atoms with van der Waals surface area (Å²) in [5, 5.41) is 12.4. The van der Waals surface area contributed by atoms with Crippen molar-refractivity contribution < 1.29 is 9.47 Å². The van der Waals surface area contributed by atoms with Crippen LogP contribution in [0.2, 0.25) is 0 Å². The average molecular weight is 345 g/mol. The van der Waals surface area contributed by atoms with Crippen molar-refractivity contribution in [1.82, 2.24) is 25.1 Å². The van der Waals surface area contributed by atoms with Crippen LogP contribution in [-0.2, 0) is 11.3 Å². The highest BCUT2D eigenvalue weighted by molar-refractivity contribution is 5.32. The van der Waals surface area contributed by atoms with Crippen molar-refractivity contribution in [3.05, 3.63) is 35.7 Å². The zero-order chi connectivity index (χ0) is 17.6. The first kappa shape index (κ1) is 17.8. The molecule has 1 aromatic carbocycles. The van der Waals surface area contributed by atoms with Gasteiger partial charge < -0.3 is 9.47 Å². The summed E-state index contributed by atoms with van der Waals surface area (Å²) in [6, 6.07) is 8.26. The van der Waals surface area contributed by atoms with Crippen LogP contribution >= 0.6 is 0 Å². The third kappa shape index (κ3) is 4.16. The fourth-order valence-corrected chi connectivity index (χ4v) is 3.34. The lowest BCUT2D eigenvalue weighted by Gasteiger charge is -2.36. The topological polar surface area (TPSA) is 65.3 Å². The maximum atomic E-state index is 5.30. The minimum Gasteiger partial charge on any atom is -0.497 e. The van der Waals surface area contributed by atoms with E-state index in [1.165, 1.54) is 18.4 Å². The van der Waals surface area contributed by atoms with Gasteiger partial charge in [0.2, 0.25) is 0 Å². The first-order chi connectivity index (χ1) is 12.2. The van der Waals surface area contributed by atoms with Gasteiger partial charge in [0.15, 0.2) is 5.82 Å². The van der Waals surface area contributed by atoms with Crippen molar-refractivity contribution in [2.24, 2.45) is 5.92 Å². The monoisotopic (exact) mass is 345 g/mol. The molecule has 25 heavy (non-hydrogen) atoms. The smallest absolute Gasteiger partial charge is 0.173 e. The molecule has 0 saturated carbocycles. The molecule has 7 heteroatoms. The van der Waals surface area contributed by atoms with Gasteiger partial charge in [-0.2, -0.15) is 0 Å². The molecule has 0 amide bonds. The summed E-state index contributed by atoms with van der Waals surface area (Å²) >= 11 is 0. The van der Waals surface area contributed by atoms with E-state index in [1.807, 2.05) is 16.8 Å². The van der Waals surface area contributed by atoms with E-state index in [9.17, 15) is 0 Å². The van der Waals surface area contributed by atoms with Gasteiger partial charge in [0.05, 0.1) is 26.3 Å². The Kier molecular flexibility index (Phi) is 5.99. The molecule has 0 aliphatic carbocycles. The van der Waals surface area contributed by atoms with Gasteiger partial charge in [0, 0.05) is 7.11 Å². The molecule has 2 aromatic rings. The van der Waals surface area contributed by atoms with Crippen molar-refractivity contribution in [3.63, 3.8) is 0 Å². The molecule has 0 spiro atoms. The molecular weight excluding hydrogens is 318 g/mol. The Morgan fingerprint density at radius 1 is 1.16 bits per heavy atom. The van der Waals surface area contributed by atoms with E-state index in [0.717, 1.165) is 30.6 Å². The largest absolute Gasteiger partial charge is 0.497 e. The number of ether oxygens (including phenoxy) is 2. The maximum Gasteiger partial charge on any atom is 0.173 e. The predicted octanol–water partition coefficient (Wildman–Crippen LogP) is 2.15. The van der Waals surface area contributed by atoms with Gasteiger partial charge in [-0.05, 0) is 60.0 Å². The van der Waals surface area contributed by atoms with Crippen molar-refractivity contribution in [2.45, 2.75) is 32.4 Å². The number of hydrogen-bond acceptors (Lipinski definition) is 6. The Morgan fingerprint density at radius 2 is 1.88 bits per heavy atom. The van der Waals surface area contributed by atoms with Crippen molar-refractivity contribution in [3.8, 4) is 5.75 Å². The molecule has 1 saturated heterocycles. The summed E-state index contributed by atoms with van der Waals surface area (Å²) < 4.78 is 12.4. The maximum absolute atomic E-state index is 5.30. The van der Waals surface area contributed by atoms with Gasteiger partial charge in [-0.25, -0.2) is 4.68 Å². The number of benzene rings is 1. The number of methoxy groups -OCH3 is 2. The van der Waals surface area contributed by atoms with E-state index >= 15 is 0 Å². The Bertz CT molecular complexity index is 650. The van der Waals surface area contributed by atoms with Crippen LogP contribution in [0.25, 0.3) is 0 Å². The van der Waals surface area contributed by atoms with Crippen LogP contribution in [0.5, 0.6) is 5.75 Å². The summed E-state index contributed by atoms with van der Waals surface area (Å²) in [7, 11) is 3.38. The number of piperidine rings is 1. The average Bonchev–Trinajstić information content (AvgIpc) is 3.10. The fourth-order valence-electron chi connectivity index (χ4n) is 3.34. The zero-order valence-corrected chi connectivity index (χ0v) is 15.3. The SMILES string of the molecule is COCCn1nnnc1[C@H](c1ccc(OC)cc1)N1CCC(C)CC1. The van der Waals surface area contributed by atoms with Gasteiger partial charge in [-0.15, -0.1) is 5.10 Å². The van der Waals surface area contributed by atoms with E-state index in [-0.39, 0.29) is 6.04 Å².